The first-order valence-electron chi connectivity index (χ1n) is 8.00. The van der Waals surface area contributed by atoms with Crippen LogP contribution in [-0.2, 0) is 11.0 Å². The van der Waals surface area contributed by atoms with Gasteiger partial charge in [-0.2, -0.15) is 18.2 Å². The topological polar surface area (TPSA) is 75.3 Å². The summed E-state index contributed by atoms with van der Waals surface area (Å²) in [5.74, 6) is -0.634. The van der Waals surface area contributed by atoms with Crippen LogP contribution in [0.4, 0.5) is 30.2 Å². The number of nitrogens with zero attached hydrogens (tertiary/aromatic N) is 2. The quantitative estimate of drug-likeness (QED) is 0.401. The Hall–Kier alpha value is -3.25. The third-order valence-corrected chi connectivity index (χ3v) is 3.79. The number of rotatable bonds is 6. The minimum absolute atomic E-state index is 0.211. The number of carbonyl (C=O) groups excluding carboxylic acids is 1. The monoisotopic (exact) mass is 421 g/mol. The summed E-state index contributed by atoms with van der Waals surface area (Å²) < 4.78 is 44.4. The summed E-state index contributed by atoms with van der Waals surface area (Å²) in [6, 6.07) is 8.98. The Morgan fingerprint density at radius 2 is 1.97 bits per heavy atom. The number of benzene rings is 2. The van der Waals surface area contributed by atoms with Crippen LogP contribution in [0.1, 0.15) is 12.5 Å². The molecule has 0 aliphatic rings. The highest BCUT2D eigenvalue weighted by Gasteiger charge is 2.35. The number of hydrogen-bond donors (Lipinski definition) is 2. The van der Waals surface area contributed by atoms with Crippen LogP contribution in [0.25, 0.3) is 4.85 Å². The van der Waals surface area contributed by atoms with Gasteiger partial charge in [-0.15, -0.1) is 0 Å². The average molecular weight is 421 g/mol. The Balaban J connectivity index is 2.09. The first-order chi connectivity index (χ1) is 13.6. The number of anilines is 1. The maximum absolute atomic E-state index is 13.0. The Morgan fingerprint density at radius 3 is 2.52 bits per heavy atom. The molecule has 29 heavy (non-hydrogen) atoms. The fourth-order valence-electron chi connectivity index (χ4n) is 2.16. The molecule has 1 atom stereocenters. The lowest BCUT2D eigenvalue weighted by Gasteiger charge is -2.23. The minimum Gasteiger partial charge on any atom is -0.490 e. The van der Waals surface area contributed by atoms with Gasteiger partial charge in [-0.25, -0.2) is 4.85 Å². The number of carbonyl (C=O) groups is 1. The van der Waals surface area contributed by atoms with E-state index in [-0.39, 0.29) is 5.69 Å². The number of nitrogens with one attached hydrogen (secondary N) is 1. The van der Waals surface area contributed by atoms with Gasteiger partial charge >= 0.3 is 6.18 Å². The molecule has 2 aromatic rings. The van der Waals surface area contributed by atoms with Gasteiger partial charge in [-0.1, -0.05) is 6.07 Å². The molecule has 0 aliphatic carbocycles. The number of thiocarbonyl (C=S) groups is 1. The van der Waals surface area contributed by atoms with Crippen LogP contribution >= 0.6 is 12.2 Å². The van der Waals surface area contributed by atoms with Gasteiger partial charge in [0, 0.05) is 5.69 Å². The first-order valence-corrected chi connectivity index (χ1v) is 8.41. The van der Waals surface area contributed by atoms with Crippen LogP contribution < -0.4 is 10.1 Å². The molecular formula is C19H14F3N3O3S. The van der Waals surface area contributed by atoms with Crippen LogP contribution in [0.15, 0.2) is 47.5 Å². The fourth-order valence-corrected chi connectivity index (χ4v) is 2.27. The van der Waals surface area contributed by atoms with Crippen LogP contribution in [0.5, 0.6) is 5.75 Å². The predicted octanol–water partition coefficient (Wildman–Crippen LogP) is 4.76. The van der Waals surface area contributed by atoms with Gasteiger partial charge in [0.1, 0.15) is 12.4 Å². The van der Waals surface area contributed by atoms with Crippen molar-refractivity contribution in [2.24, 2.45) is 4.99 Å². The molecule has 0 fully saturated rings. The predicted molar refractivity (Wildman–Crippen MR) is 104 cm³/mol. The Morgan fingerprint density at radius 1 is 1.31 bits per heavy atom. The Bertz CT molecular complexity index is 992. The number of aliphatic hydroxyl groups is 1. The van der Waals surface area contributed by atoms with E-state index in [2.05, 4.69) is 32.5 Å². The van der Waals surface area contributed by atoms with Crippen molar-refractivity contribution >= 4 is 40.3 Å². The molecule has 0 aromatic heterocycles. The summed E-state index contributed by atoms with van der Waals surface area (Å²) in [5.41, 5.74) is -3.48. The maximum Gasteiger partial charge on any atom is 0.407 e. The molecule has 0 heterocycles. The highest BCUT2D eigenvalue weighted by molar-refractivity contribution is 7.78. The molecule has 0 saturated carbocycles. The van der Waals surface area contributed by atoms with Crippen molar-refractivity contribution in [3.63, 3.8) is 0 Å². The van der Waals surface area contributed by atoms with Crippen LogP contribution in [0.3, 0.4) is 0 Å². The third kappa shape index (κ3) is 5.86. The van der Waals surface area contributed by atoms with Crippen LogP contribution in [0.2, 0.25) is 0 Å². The zero-order valence-corrected chi connectivity index (χ0v) is 15.8. The average Bonchev–Trinajstić information content (AvgIpc) is 2.67. The van der Waals surface area contributed by atoms with Crippen LogP contribution in [-0.4, -0.2) is 28.4 Å². The lowest BCUT2D eigenvalue weighted by atomic mass is 10.1. The normalized spacial score (nSPS) is 12.8. The Labute approximate surface area is 169 Å². The van der Waals surface area contributed by atoms with Gasteiger partial charge in [0.2, 0.25) is 0 Å². The van der Waals surface area contributed by atoms with Gasteiger partial charge in [-0.05, 0) is 55.5 Å². The zero-order valence-electron chi connectivity index (χ0n) is 14.9. The molecule has 0 bridgehead atoms. The zero-order chi connectivity index (χ0) is 21.7. The number of isothiocyanates is 1. The Kier molecular flexibility index (Phi) is 6.72. The number of halogens is 3. The number of ether oxygens (including phenoxy) is 1. The first kappa shape index (κ1) is 22.0. The SMILES string of the molecule is [C-]#[N+]c1ccc(NC(=O)[C@@](C)(O)COc2ccc(N=C=S)cc2)cc1C(F)(F)F. The molecule has 0 spiro atoms. The fraction of sp³-hybridized carbons (Fsp3) is 0.211. The standard InChI is InChI=1S/C19H14F3N3O3S/c1-18(27,10-28-14-6-3-12(4-7-14)24-11-29)17(26)25-13-5-8-16(23-2)15(9-13)19(20,21)22/h3-9,27H,10H2,1H3,(H,25,26)/t18-/m0/s1. The molecule has 6 nitrogen and oxygen atoms in total. The largest absolute Gasteiger partial charge is 0.490 e. The molecule has 2 N–H and O–H groups in total. The molecule has 0 radical (unpaired) electrons. The van der Waals surface area contributed by atoms with Crippen molar-refractivity contribution in [3.8, 4) is 5.75 Å². The van der Waals surface area contributed by atoms with Gasteiger partial charge in [0.05, 0.1) is 23.0 Å². The summed E-state index contributed by atoms with van der Waals surface area (Å²) in [6.07, 6.45) is -4.76. The van der Waals surface area contributed by atoms with E-state index < -0.39 is 35.5 Å². The number of hydrogen-bond acceptors (Lipinski definition) is 5. The van der Waals surface area contributed by atoms with E-state index in [0.29, 0.717) is 17.5 Å². The van der Waals surface area contributed by atoms with E-state index in [1.807, 2.05) is 0 Å². The minimum atomic E-state index is -4.76. The summed E-state index contributed by atoms with van der Waals surface area (Å²) >= 11 is 4.49. The second kappa shape index (κ2) is 8.84. The summed E-state index contributed by atoms with van der Waals surface area (Å²) in [6.45, 7) is 7.52. The number of alkyl halides is 3. The molecule has 2 rings (SSSR count). The van der Waals surface area contributed by atoms with Crippen molar-refractivity contribution in [1.29, 1.82) is 0 Å². The van der Waals surface area contributed by atoms with E-state index >= 15 is 0 Å². The van der Waals surface area contributed by atoms with Gasteiger partial charge in [-0.3, -0.25) is 4.79 Å². The van der Waals surface area contributed by atoms with Gasteiger partial charge in [0.15, 0.2) is 11.3 Å². The van der Waals surface area contributed by atoms with Crippen molar-refractivity contribution in [1.82, 2.24) is 0 Å². The van der Waals surface area contributed by atoms with Gasteiger partial charge in [0.25, 0.3) is 5.91 Å². The molecule has 0 saturated heterocycles. The van der Waals surface area contributed by atoms with E-state index in [4.69, 9.17) is 11.3 Å². The van der Waals surface area contributed by atoms with E-state index in [9.17, 15) is 23.1 Å². The lowest BCUT2D eigenvalue weighted by molar-refractivity contribution is -0.137. The smallest absolute Gasteiger partial charge is 0.407 e. The summed E-state index contributed by atoms with van der Waals surface area (Å²) in [5, 5.41) is 14.7. The van der Waals surface area contributed by atoms with Gasteiger partial charge < -0.3 is 15.2 Å². The lowest BCUT2D eigenvalue weighted by Crippen LogP contribution is -2.45. The van der Waals surface area contributed by atoms with Crippen molar-refractivity contribution in [2.45, 2.75) is 18.7 Å². The van der Waals surface area contributed by atoms with E-state index in [1.165, 1.54) is 12.1 Å². The van der Waals surface area contributed by atoms with E-state index in [0.717, 1.165) is 19.1 Å². The van der Waals surface area contributed by atoms with Crippen molar-refractivity contribution < 1.29 is 27.8 Å². The summed E-state index contributed by atoms with van der Waals surface area (Å²) in [4.78, 5) is 18.9. The second-order valence-electron chi connectivity index (χ2n) is 6.06. The third-order valence-electron chi connectivity index (χ3n) is 3.70. The molecule has 10 heteroatoms. The van der Waals surface area contributed by atoms with Crippen LogP contribution in [0, 0.1) is 6.57 Å². The number of amides is 1. The molecule has 1 amide bonds. The number of aliphatic imine (C=N–C) groups is 1. The highest BCUT2D eigenvalue weighted by atomic mass is 32.1. The van der Waals surface area contributed by atoms with Crippen molar-refractivity contribution in [3.05, 3.63) is 59.4 Å². The molecular weight excluding hydrogens is 407 g/mol. The molecule has 150 valence electrons. The summed E-state index contributed by atoms with van der Waals surface area (Å²) in [7, 11) is 0. The molecule has 0 aliphatic heterocycles. The molecule has 0 unspecified atom stereocenters. The maximum atomic E-state index is 13.0. The van der Waals surface area contributed by atoms with E-state index in [1.54, 1.807) is 12.1 Å². The second-order valence-corrected chi connectivity index (χ2v) is 6.24. The molecule has 2 aromatic carbocycles. The van der Waals surface area contributed by atoms with Crippen molar-refractivity contribution in [2.75, 3.05) is 11.9 Å². The highest BCUT2D eigenvalue weighted by Crippen LogP contribution is 2.38.